The predicted octanol–water partition coefficient (Wildman–Crippen LogP) is 3.24. The Balaban J connectivity index is 2.81. The van der Waals surface area contributed by atoms with Gasteiger partial charge in [0.15, 0.2) is 0 Å². The Bertz CT molecular complexity index is 443. The van der Waals surface area contributed by atoms with E-state index in [1.54, 1.807) is 0 Å². The minimum atomic E-state index is -5.61. The standard InChI is InChI=1S/C12H12F6O3/c1-20-9-5-3-2-4-7(9)8(19)6-21-10(11(13,14)15)12(16,17)18/h2-5,8,10,19H,6H2,1H3. The van der Waals surface area contributed by atoms with Gasteiger partial charge in [-0.1, -0.05) is 18.2 Å². The van der Waals surface area contributed by atoms with Gasteiger partial charge in [-0.3, -0.25) is 0 Å². The van der Waals surface area contributed by atoms with Gasteiger partial charge in [0.2, 0.25) is 6.10 Å². The summed E-state index contributed by atoms with van der Waals surface area (Å²) >= 11 is 0. The van der Waals surface area contributed by atoms with Crippen LogP contribution in [-0.2, 0) is 4.74 Å². The monoisotopic (exact) mass is 318 g/mol. The molecule has 0 aliphatic rings. The predicted molar refractivity (Wildman–Crippen MR) is 59.8 cm³/mol. The molecule has 1 rings (SSSR count). The molecule has 0 heterocycles. The molecule has 0 saturated carbocycles. The molecular formula is C12H12F6O3. The summed E-state index contributed by atoms with van der Waals surface area (Å²) < 4.78 is 82.3. The van der Waals surface area contributed by atoms with E-state index >= 15 is 0 Å². The highest BCUT2D eigenvalue weighted by molar-refractivity contribution is 5.34. The number of hydrogen-bond acceptors (Lipinski definition) is 3. The molecule has 21 heavy (non-hydrogen) atoms. The van der Waals surface area contributed by atoms with Crippen LogP contribution in [0.4, 0.5) is 26.3 Å². The first-order chi connectivity index (χ1) is 9.57. The van der Waals surface area contributed by atoms with E-state index in [1.807, 2.05) is 0 Å². The van der Waals surface area contributed by atoms with Crippen molar-refractivity contribution in [2.45, 2.75) is 24.6 Å². The highest BCUT2D eigenvalue weighted by atomic mass is 19.4. The van der Waals surface area contributed by atoms with E-state index in [-0.39, 0.29) is 11.3 Å². The number of ether oxygens (including phenoxy) is 2. The van der Waals surface area contributed by atoms with Gasteiger partial charge in [-0.2, -0.15) is 26.3 Å². The highest BCUT2D eigenvalue weighted by Crippen LogP contribution is 2.36. The van der Waals surface area contributed by atoms with Crippen LogP contribution in [0, 0.1) is 0 Å². The van der Waals surface area contributed by atoms with Gasteiger partial charge in [0.05, 0.1) is 13.7 Å². The van der Waals surface area contributed by atoms with E-state index in [9.17, 15) is 31.4 Å². The lowest BCUT2D eigenvalue weighted by atomic mass is 10.1. The van der Waals surface area contributed by atoms with Crippen LogP contribution in [0.1, 0.15) is 11.7 Å². The second-order valence-corrected chi connectivity index (χ2v) is 4.05. The summed E-state index contributed by atoms with van der Waals surface area (Å²) in [5.74, 6) is 0.129. The van der Waals surface area contributed by atoms with Crippen LogP contribution in [0.25, 0.3) is 0 Å². The van der Waals surface area contributed by atoms with Crippen molar-refractivity contribution in [3.8, 4) is 5.75 Å². The summed E-state index contributed by atoms with van der Waals surface area (Å²) in [5, 5.41) is 9.67. The summed E-state index contributed by atoms with van der Waals surface area (Å²) in [6, 6.07) is 5.70. The van der Waals surface area contributed by atoms with Gasteiger partial charge >= 0.3 is 12.4 Å². The maximum atomic E-state index is 12.3. The average Bonchev–Trinajstić information content (AvgIpc) is 2.35. The van der Waals surface area contributed by atoms with Crippen molar-refractivity contribution in [1.82, 2.24) is 0 Å². The molecule has 0 aromatic heterocycles. The Labute approximate surface area is 116 Å². The third-order valence-corrected chi connectivity index (χ3v) is 2.51. The first-order valence-corrected chi connectivity index (χ1v) is 5.63. The number of para-hydroxylation sites is 1. The summed E-state index contributed by atoms with van der Waals surface area (Å²) in [4.78, 5) is 0. The molecule has 0 aliphatic heterocycles. The van der Waals surface area contributed by atoms with Crippen LogP contribution in [0.3, 0.4) is 0 Å². The molecule has 0 spiro atoms. The normalized spacial score (nSPS) is 14.3. The zero-order valence-electron chi connectivity index (χ0n) is 10.7. The summed E-state index contributed by atoms with van der Waals surface area (Å²) in [6.07, 6.45) is -16.9. The van der Waals surface area contributed by atoms with Gasteiger partial charge in [0.1, 0.15) is 11.9 Å². The molecular weight excluding hydrogens is 306 g/mol. The molecule has 1 aromatic rings. The largest absolute Gasteiger partial charge is 0.496 e. The Hall–Kier alpha value is -1.48. The number of aliphatic hydroxyl groups is 1. The first-order valence-electron chi connectivity index (χ1n) is 5.63. The second kappa shape index (κ2) is 6.52. The lowest BCUT2D eigenvalue weighted by molar-refractivity contribution is -0.324. The summed E-state index contributed by atoms with van der Waals surface area (Å²) in [7, 11) is 1.25. The molecule has 0 amide bonds. The van der Waals surface area contributed by atoms with E-state index in [4.69, 9.17) is 4.74 Å². The minimum absolute atomic E-state index is 0.0306. The molecule has 1 atom stereocenters. The fourth-order valence-corrected chi connectivity index (χ4v) is 1.59. The zero-order chi connectivity index (χ0) is 16.3. The van der Waals surface area contributed by atoms with Gasteiger partial charge < -0.3 is 14.6 Å². The second-order valence-electron chi connectivity index (χ2n) is 4.05. The average molecular weight is 318 g/mol. The molecule has 0 saturated heterocycles. The lowest BCUT2D eigenvalue weighted by Crippen LogP contribution is -2.45. The lowest BCUT2D eigenvalue weighted by Gasteiger charge is -2.24. The number of halogens is 6. The molecule has 120 valence electrons. The van der Waals surface area contributed by atoms with Crippen molar-refractivity contribution in [2.75, 3.05) is 13.7 Å². The van der Waals surface area contributed by atoms with Gasteiger partial charge in [-0.05, 0) is 6.07 Å². The third-order valence-electron chi connectivity index (χ3n) is 2.51. The van der Waals surface area contributed by atoms with E-state index in [1.165, 1.54) is 31.4 Å². The quantitative estimate of drug-likeness (QED) is 0.847. The first kappa shape index (κ1) is 17.6. The van der Waals surface area contributed by atoms with Crippen molar-refractivity contribution in [1.29, 1.82) is 0 Å². The molecule has 0 fully saturated rings. The van der Waals surface area contributed by atoms with Crippen LogP contribution in [-0.4, -0.2) is 37.3 Å². The Morgan fingerprint density at radius 3 is 2.05 bits per heavy atom. The molecule has 0 aliphatic carbocycles. The van der Waals surface area contributed by atoms with Crippen molar-refractivity contribution in [3.05, 3.63) is 29.8 Å². The van der Waals surface area contributed by atoms with Crippen LogP contribution in [0.2, 0.25) is 0 Å². The van der Waals surface area contributed by atoms with E-state index < -0.39 is 31.2 Å². The molecule has 3 nitrogen and oxygen atoms in total. The number of aliphatic hydroxyl groups excluding tert-OH is 1. The topological polar surface area (TPSA) is 38.7 Å². The van der Waals surface area contributed by atoms with Crippen LogP contribution in [0.15, 0.2) is 24.3 Å². The maximum Gasteiger partial charge on any atom is 0.423 e. The molecule has 1 N–H and O–H groups in total. The Morgan fingerprint density at radius 2 is 1.57 bits per heavy atom. The zero-order valence-corrected chi connectivity index (χ0v) is 10.7. The number of alkyl halides is 6. The number of benzene rings is 1. The molecule has 9 heteroatoms. The SMILES string of the molecule is COc1ccccc1C(O)COC(C(F)(F)F)C(F)(F)F. The molecule has 0 bridgehead atoms. The Morgan fingerprint density at radius 1 is 1.05 bits per heavy atom. The fourth-order valence-electron chi connectivity index (χ4n) is 1.59. The smallest absolute Gasteiger partial charge is 0.423 e. The minimum Gasteiger partial charge on any atom is -0.496 e. The van der Waals surface area contributed by atoms with E-state index in [2.05, 4.69) is 4.74 Å². The van der Waals surface area contributed by atoms with Crippen molar-refractivity contribution in [3.63, 3.8) is 0 Å². The Kier molecular flexibility index (Phi) is 5.46. The molecule has 1 aromatic carbocycles. The molecule has 1 unspecified atom stereocenters. The van der Waals surface area contributed by atoms with Gasteiger partial charge in [0, 0.05) is 5.56 Å². The third kappa shape index (κ3) is 4.78. The van der Waals surface area contributed by atoms with E-state index in [0.29, 0.717) is 0 Å². The van der Waals surface area contributed by atoms with Crippen LogP contribution < -0.4 is 4.74 Å². The van der Waals surface area contributed by atoms with Gasteiger partial charge in [0.25, 0.3) is 0 Å². The van der Waals surface area contributed by atoms with Gasteiger partial charge in [-0.15, -0.1) is 0 Å². The maximum absolute atomic E-state index is 12.3. The number of rotatable bonds is 5. The van der Waals surface area contributed by atoms with Crippen molar-refractivity contribution in [2.24, 2.45) is 0 Å². The fraction of sp³-hybridized carbons (Fsp3) is 0.500. The van der Waals surface area contributed by atoms with Crippen molar-refractivity contribution >= 4 is 0 Å². The van der Waals surface area contributed by atoms with Gasteiger partial charge in [-0.25, -0.2) is 0 Å². The van der Waals surface area contributed by atoms with Crippen LogP contribution in [0.5, 0.6) is 5.75 Å². The van der Waals surface area contributed by atoms with E-state index in [0.717, 1.165) is 0 Å². The summed E-state index contributed by atoms with van der Waals surface area (Å²) in [5.41, 5.74) is 0.0306. The molecule has 0 radical (unpaired) electrons. The van der Waals surface area contributed by atoms with Crippen molar-refractivity contribution < 1.29 is 40.9 Å². The summed E-state index contributed by atoms with van der Waals surface area (Å²) in [6.45, 7) is -1.18. The number of methoxy groups -OCH3 is 1. The highest BCUT2D eigenvalue weighted by Gasteiger charge is 2.58. The number of hydrogen-bond donors (Lipinski definition) is 1. The van der Waals surface area contributed by atoms with Crippen LogP contribution >= 0.6 is 0 Å².